The molecule has 1 unspecified atom stereocenters. The molecule has 0 fully saturated rings. The number of aryl methyl sites for hydroxylation is 1. The lowest BCUT2D eigenvalue weighted by molar-refractivity contribution is 0.598. The molecule has 1 aliphatic carbocycles. The zero-order valence-electron chi connectivity index (χ0n) is 10.8. The van der Waals surface area contributed by atoms with Crippen molar-refractivity contribution in [3.8, 4) is 0 Å². The van der Waals surface area contributed by atoms with E-state index in [1.165, 1.54) is 17.5 Å². The van der Waals surface area contributed by atoms with E-state index in [1.807, 2.05) is 34.7 Å². The summed E-state index contributed by atoms with van der Waals surface area (Å²) in [4.78, 5) is 18.4. The summed E-state index contributed by atoms with van der Waals surface area (Å²) >= 11 is 2.02. The van der Waals surface area contributed by atoms with E-state index in [0.29, 0.717) is 9.39 Å². The number of aromatic nitrogens is 2. The van der Waals surface area contributed by atoms with Crippen LogP contribution in [0.2, 0.25) is 0 Å². The molecule has 0 amide bonds. The number of nitrogens with two attached hydrogens (primary N) is 1. The number of halogens is 1. The van der Waals surface area contributed by atoms with Crippen molar-refractivity contribution in [2.75, 3.05) is 11.1 Å². The number of H-pyrrole nitrogens is 1. The Kier molecular flexibility index (Phi) is 3.64. The highest BCUT2D eigenvalue weighted by Gasteiger charge is 2.21. The number of nitrogens with zero attached hydrogens (tertiary/aromatic N) is 1. The molecule has 1 aromatic heterocycles. The fourth-order valence-corrected chi connectivity index (χ4v) is 3.08. The molecule has 0 aliphatic heterocycles. The van der Waals surface area contributed by atoms with Gasteiger partial charge >= 0.3 is 0 Å². The van der Waals surface area contributed by atoms with Crippen molar-refractivity contribution in [3.05, 3.63) is 49.6 Å². The van der Waals surface area contributed by atoms with Gasteiger partial charge in [0.05, 0.1) is 12.4 Å². The maximum absolute atomic E-state index is 11.6. The smallest absolute Gasteiger partial charge is 0.266 e. The third kappa shape index (κ3) is 2.52. The summed E-state index contributed by atoms with van der Waals surface area (Å²) in [6, 6.07) is 6.22. The Balaban J connectivity index is 1.93. The van der Waals surface area contributed by atoms with Gasteiger partial charge in [0.15, 0.2) is 0 Å². The first-order valence-electron chi connectivity index (χ1n) is 6.53. The average molecular weight is 382 g/mol. The van der Waals surface area contributed by atoms with Crippen LogP contribution in [0, 0.1) is 3.57 Å². The Morgan fingerprint density at radius 2 is 2.30 bits per heavy atom. The molecule has 1 atom stereocenters. The zero-order valence-corrected chi connectivity index (χ0v) is 13.0. The van der Waals surface area contributed by atoms with Crippen LogP contribution in [0.15, 0.2) is 29.3 Å². The Morgan fingerprint density at radius 3 is 3.15 bits per heavy atom. The van der Waals surface area contributed by atoms with Crippen LogP contribution < -0.4 is 16.6 Å². The van der Waals surface area contributed by atoms with E-state index in [-0.39, 0.29) is 11.6 Å². The Bertz CT molecular complexity index is 698. The second kappa shape index (κ2) is 5.43. The molecule has 3 rings (SSSR count). The molecular weight excluding hydrogens is 367 g/mol. The molecule has 20 heavy (non-hydrogen) atoms. The van der Waals surface area contributed by atoms with E-state index in [1.54, 1.807) is 0 Å². The van der Waals surface area contributed by atoms with E-state index in [9.17, 15) is 4.79 Å². The van der Waals surface area contributed by atoms with Crippen LogP contribution in [0.25, 0.3) is 0 Å². The van der Waals surface area contributed by atoms with Gasteiger partial charge in [0, 0.05) is 5.69 Å². The number of aromatic amines is 1. The molecule has 0 spiro atoms. The van der Waals surface area contributed by atoms with Gasteiger partial charge in [0.1, 0.15) is 9.39 Å². The molecule has 5 nitrogen and oxygen atoms in total. The predicted molar refractivity (Wildman–Crippen MR) is 87.7 cm³/mol. The van der Waals surface area contributed by atoms with Crippen molar-refractivity contribution in [2.24, 2.45) is 0 Å². The Morgan fingerprint density at radius 1 is 1.45 bits per heavy atom. The fourth-order valence-electron chi connectivity index (χ4n) is 2.63. The van der Waals surface area contributed by atoms with Crippen molar-refractivity contribution in [2.45, 2.75) is 25.3 Å². The first-order chi connectivity index (χ1) is 9.65. The number of nitrogens with one attached hydrogen (secondary N) is 2. The number of fused-ring (bicyclic) bond motifs is 1. The van der Waals surface area contributed by atoms with Gasteiger partial charge in [-0.25, -0.2) is 4.98 Å². The minimum absolute atomic E-state index is 0.114. The molecule has 104 valence electrons. The van der Waals surface area contributed by atoms with E-state index < -0.39 is 0 Å². The molecule has 1 aromatic carbocycles. The van der Waals surface area contributed by atoms with E-state index in [0.717, 1.165) is 24.9 Å². The fraction of sp³-hybridized carbons (Fsp3) is 0.286. The van der Waals surface area contributed by atoms with Crippen LogP contribution in [0.4, 0.5) is 11.5 Å². The molecule has 6 heteroatoms. The molecule has 1 aliphatic rings. The number of nitrogen functional groups attached to an aromatic ring is 1. The number of hydrogen-bond donors (Lipinski definition) is 3. The third-order valence-corrected chi connectivity index (χ3v) is 4.59. The first kappa shape index (κ1) is 13.4. The summed E-state index contributed by atoms with van der Waals surface area (Å²) < 4.78 is 0.590. The SMILES string of the molecule is Nc1ccc2c(c1)CCCC2Nc1nc[nH]c(=O)c1I. The van der Waals surface area contributed by atoms with Gasteiger partial charge in [0.25, 0.3) is 5.56 Å². The van der Waals surface area contributed by atoms with Crippen LogP contribution in [-0.4, -0.2) is 9.97 Å². The highest BCUT2D eigenvalue weighted by Crippen LogP contribution is 2.33. The average Bonchev–Trinajstić information content (AvgIpc) is 2.44. The zero-order chi connectivity index (χ0) is 14.1. The van der Waals surface area contributed by atoms with Crippen molar-refractivity contribution in [1.29, 1.82) is 0 Å². The van der Waals surface area contributed by atoms with Gasteiger partial charge in [-0.05, 0) is 65.1 Å². The van der Waals surface area contributed by atoms with Crippen molar-refractivity contribution in [1.82, 2.24) is 9.97 Å². The Hall–Kier alpha value is -1.57. The number of benzene rings is 1. The van der Waals surface area contributed by atoms with Gasteiger partial charge in [-0.15, -0.1) is 0 Å². The monoisotopic (exact) mass is 382 g/mol. The van der Waals surface area contributed by atoms with Crippen LogP contribution in [0.1, 0.15) is 30.0 Å². The van der Waals surface area contributed by atoms with Crippen LogP contribution >= 0.6 is 22.6 Å². The van der Waals surface area contributed by atoms with Crippen molar-refractivity contribution >= 4 is 34.1 Å². The lowest BCUT2D eigenvalue weighted by Gasteiger charge is -2.27. The molecule has 0 bridgehead atoms. The second-order valence-corrected chi connectivity index (χ2v) is 6.02. The van der Waals surface area contributed by atoms with E-state index in [2.05, 4.69) is 21.4 Å². The van der Waals surface area contributed by atoms with Gasteiger partial charge in [-0.3, -0.25) is 4.79 Å². The molecule has 1 heterocycles. The number of hydrogen-bond acceptors (Lipinski definition) is 4. The van der Waals surface area contributed by atoms with Crippen LogP contribution in [-0.2, 0) is 6.42 Å². The maximum Gasteiger partial charge on any atom is 0.266 e. The van der Waals surface area contributed by atoms with Gasteiger partial charge in [0.2, 0.25) is 0 Å². The van der Waals surface area contributed by atoms with Gasteiger partial charge < -0.3 is 16.0 Å². The lowest BCUT2D eigenvalue weighted by Crippen LogP contribution is -2.21. The summed E-state index contributed by atoms with van der Waals surface area (Å²) in [5.41, 5.74) is 9.07. The molecule has 2 aromatic rings. The largest absolute Gasteiger partial charge is 0.399 e. The molecule has 0 saturated carbocycles. The second-order valence-electron chi connectivity index (χ2n) is 4.94. The summed E-state index contributed by atoms with van der Waals surface area (Å²) in [5.74, 6) is 0.643. The first-order valence-corrected chi connectivity index (χ1v) is 7.61. The molecule has 0 radical (unpaired) electrons. The lowest BCUT2D eigenvalue weighted by atomic mass is 9.87. The summed E-state index contributed by atoms with van der Waals surface area (Å²) in [7, 11) is 0. The van der Waals surface area contributed by atoms with Crippen molar-refractivity contribution in [3.63, 3.8) is 0 Å². The third-order valence-electron chi connectivity index (χ3n) is 3.59. The normalized spacial score (nSPS) is 17.6. The maximum atomic E-state index is 11.6. The highest BCUT2D eigenvalue weighted by molar-refractivity contribution is 14.1. The minimum atomic E-state index is -0.114. The number of rotatable bonds is 2. The van der Waals surface area contributed by atoms with Gasteiger partial charge in [-0.1, -0.05) is 6.07 Å². The van der Waals surface area contributed by atoms with Crippen LogP contribution in [0.3, 0.4) is 0 Å². The minimum Gasteiger partial charge on any atom is -0.399 e. The standard InChI is InChI=1S/C14H15IN4O/c15-12-13(17-7-18-14(12)20)19-11-3-1-2-8-6-9(16)4-5-10(8)11/h4-7,11H,1-3,16H2,(H2,17,18,19,20). The summed E-state index contributed by atoms with van der Waals surface area (Å²) in [6.45, 7) is 0. The molecular formula is C14H15IN4O. The quantitative estimate of drug-likeness (QED) is 0.551. The Labute approximate surface area is 130 Å². The van der Waals surface area contributed by atoms with E-state index in [4.69, 9.17) is 5.73 Å². The van der Waals surface area contributed by atoms with Crippen molar-refractivity contribution < 1.29 is 0 Å². The van der Waals surface area contributed by atoms with E-state index >= 15 is 0 Å². The van der Waals surface area contributed by atoms with Crippen LogP contribution in [0.5, 0.6) is 0 Å². The summed E-state index contributed by atoms with van der Waals surface area (Å²) in [5, 5.41) is 3.39. The highest BCUT2D eigenvalue weighted by atomic mass is 127. The summed E-state index contributed by atoms with van der Waals surface area (Å²) in [6.07, 6.45) is 4.62. The topological polar surface area (TPSA) is 83.8 Å². The molecule has 4 N–H and O–H groups in total. The molecule has 0 saturated heterocycles. The van der Waals surface area contributed by atoms with Gasteiger partial charge in [-0.2, -0.15) is 0 Å². The number of anilines is 2. The predicted octanol–water partition coefficient (Wildman–Crippen LogP) is 2.45.